The number of hydrogen-bond acceptors (Lipinski definition) is 2. The molecule has 4 nitrogen and oxygen atoms in total. The van der Waals surface area contributed by atoms with E-state index in [-0.39, 0.29) is 34.7 Å². The fourth-order valence-corrected chi connectivity index (χ4v) is 4.46. The van der Waals surface area contributed by atoms with Gasteiger partial charge in [-0.3, -0.25) is 9.59 Å². The van der Waals surface area contributed by atoms with E-state index in [4.69, 9.17) is 0 Å². The lowest BCUT2D eigenvalue weighted by atomic mass is 9.90. The van der Waals surface area contributed by atoms with Gasteiger partial charge in [0.25, 0.3) is 0 Å². The Hall–Kier alpha value is -1.06. The molecule has 20 heavy (non-hydrogen) atoms. The molecule has 0 aromatic carbocycles. The lowest BCUT2D eigenvalue weighted by Crippen LogP contribution is -2.69. The van der Waals surface area contributed by atoms with Gasteiger partial charge in [0.1, 0.15) is 11.6 Å². The Morgan fingerprint density at radius 3 is 2.00 bits per heavy atom. The number of nitrogens with zero attached hydrogens (tertiary/aromatic N) is 1. The van der Waals surface area contributed by atoms with Gasteiger partial charge in [0.05, 0.1) is 0 Å². The monoisotopic (exact) mass is 278 g/mol. The van der Waals surface area contributed by atoms with Crippen molar-refractivity contribution in [2.45, 2.75) is 77.9 Å². The quantitative estimate of drug-likeness (QED) is 0.798. The number of nitrogens with one attached hydrogen (secondary N) is 1. The summed E-state index contributed by atoms with van der Waals surface area (Å²) < 4.78 is 0. The summed E-state index contributed by atoms with van der Waals surface area (Å²) in [5.41, 5.74) is -0.443. The lowest BCUT2D eigenvalue weighted by molar-refractivity contribution is -0.155. The lowest BCUT2D eigenvalue weighted by Gasteiger charge is -2.44. The molecule has 1 saturated heterocycles. The Morgan fingerprint density at radius 1 is 1.05 bits per heavy atom. The highest BCUT2D eigenvalue weighted by Gasteiger charge is 2.71. The van der Waals surface area contributed by atoms with Crippen LogP contribution in [0.15, 0.2) is 0 Å². The number of rotatable bonds is 1. The molecule has 2 saturated carbocycles. The highest BCUT2D eigenvalue weighted by molar-refractivity contribution is 6.00. The zero-order chi connectivity index (χ0) is 14.9. The molecule has 2 aliphatic carbocycles. The van der Waals surface area contributed by atoms with Gasteiger partial charge in [-0.05, 0) is 30.6 Å². The van der Waals surface area contributed by atoms with Gasteiger partial charge in [-0.15, -0.1) is 0 Å². The molecule has 1 heterocycles. The number of hydrogen-bond donors (Lipinski definition) is 1. The van der Waals surface area contributed by atoms with Crippen LogP contribution in [0.4, 0.5) is 0 Å². The predicted octanol–water partition coefficient (Wildman–Crippen LogP) is 2.08. The maximum Gasteiger partial charge on any atom is 0.249 e. The standard InChI is InChI=1S/C16H26N2O2/c1-10-11(19)17-16(8-6-7-9-16)13(20)18(10)12-14(2,3)15(12,4)5/h10,12H,6-9H2,1-5H3,(H,17,19). The Bertz CT molecular complexity index is 461. The molecule has 0 aromatic rings. The Kier molecular flexibility index (Phi) is 2.62. The molecule has 2 amide bonds. The van der Waals surface area contributed by atoms with Crippen LogP contribution in [0, 0.1) is 10.8 Å². The van der Waals surface area contributed by atoms with Gasteiger partial charge >= 0.3 is 0 Å². The topological polar surface area (TPSA) is 49.4 Å². The highest BCUT2D eigenvalue weighted by Crippen LogP contribution is 2.66. The number of amides is 2. The molecule has 0 aromatic heterocycles. The predicted molar refractivity (Wildman–Crippen MR) is 77.0 cm³/mol. The Morgan fingerprint density at radius 2 is 1.55 bits per heavy atom. The van der Waals surface area contributed by atoms with Gasteiger partial charge in [-0.2, -0.15) is 0 Å². The first kappa shape index (κ1) is 13.9. The van der Waals surface area contributed by atoms with Crippen molar-refractivity contribution in [3.63, 3.8) is 0 Å². The van der Waals surface area contributed by atoms with Crippen molar-refractivity contribution in [3.8, 4) is 0 Å². The molecule has 1 unspecified atom stereocenters. The second-order valence-corrected chi connectivity index (χ2v) is 8.01. The van der Waals surface area contributed by atoms with E-state index in [1.807, 2.05) is 11.8 Å². The average Bonchev–Trinajstić information content (AvgIpc) is 2.73. The summed E-state index contributed by atoms with van der Waals surface area (Å²) in [6.07, 6.45) is 3.67. The van der Waals surface area contributed by atoms with Crippen LogP contribution in [-0.4, -0.2) is 34.3 Å². The fourth-order valence-electron chi connectivity index (χ4n) is 4.46. The van der Waals surface area contributed by atoms with Gasteiger partial charge in [0, 0.05) is 6.04 Å². The van der Waals surface area contributed by atoms with Crippen molar-refractivity contribution >= 4 is 11.8 Å². The minimum Gasteiger partial charge on any atom is -0.340 e. The smallest absolute Gasteiger partial charge is 0.249 e. The summed E-state index contributed by atoms with van der Waals surface area (Å²) in [6.45, 7) is 10.7. The van der Waals surface area contributed by atoms with E-state index in [1.54, 1.807) is 0 Å². The molecule has 3 aliphatic rings. The number of carbonyl (C=O) groups is 2. The number of carbonyl (C=O) groups excluding carboxylic acids is 2. The molecule has 0 radical (unpaired) electrons. The SMILES string of the molecule is CC1C(=O)NC2(CCCC2)C(=O)N1C1C(C)(C)C1(C)C. The summed E-state index contributed by atoms with van der Waals surface area (Å²) >= 11 is 0. The van der Waals surface area contributed by atoms with Crippen LogP contribution >= 0.6 is 0 Å². The molecular formula is C16H26N2O2. The molecule has 1 atom stereocenters. The molecule has 3 fully saturated rings. The molecule has 0 bridgehead atoms. The fraction of sp³-hybridized carbons (Fsp3) is 0.875. The largest absolute Gasteiger partial charge is 0.340 e. The van der Waals surface area contributed by atoms with Gasteiger partial charge < -0.3 is 10.2 Å². The second-order valence-electron chi connectivity index (χ2n) is 8.01. The maximum absolute atomic E-state index is 13.1. The third-order valence-corrected chi connectivity index (χ3v) is 6.48. The first-order valence-electron chi connectivity index (χ1n) is 7.80. The van der Waals surface area contributed by atoms with E-state index in [9.17, 15) is 9.59 Å². The van der Waals surface area contributed by atoms with E-state index in [2.05, 4.69) is 33.0 Å². The van der Waals surface area contributed by atoms with E-state index in [1.165, 1.54) is 0 Å². The van der Waals surface area contributed by atoms with Crippen molar-refractivity contribution in [2.75, 3.05) is 0 Å². The summed E-state index contributed by atoms with van der Waals surface area (Å²) in [5, 5.41) is 3.03. The highest BCUT2D eigenvalue weighted by atomic mass is 16.2. The summed E-state index contributed by atoms with van der Waals surface area (Å²) in [7, 11) is 0. The molecule has 4 heteroatoms. The van der Waals surface area contributed by atoms with E-state index < -0.39 is 5.54 Å². The first-order valence-corrected chi connectivity index (χ1v) is 7.80. The van der Waals surface area contributed by atoms with Crippen LogP contribution in [-0.2, 0) is 9.59 Å². The summed E-state index contributed by atoms with van der Waals surface area (Å²) in [6, 6.07) is -0.180. The van der Waals surface area contributed by atoms with Crippen molar-refractivity contribution in [1.29, 1.82) is 0 Å². The third kappa shape index (κ3) is 1.48. The van der Waals surface area contributed by atoms with Gasteiger partial charge in [-0.25, -0.2) is 0 Å². The van der Waals surface area contributed by atoms with Crippen LogP contribution in [0.2, 0.25) is 0 Å². The molecule has 1 spiro atoms. The maximum atomic E-state index is 13.1. The zero-order valence-electron chi connectivity index (χ0n) is 13.2. The van der Waals surface area contributed by atoms with Crippen LogP contribution in [0.5, 0.6) is 0 Å². The van der Waals surface area contributed by atoms with Crippen molar-refractivity contribution in [3.05, 3.63) is 0 Å². The Balaban J connectivity index is 1.97. The minimum absolute atomic E-state index is 0.0185. The third-order valence-electron chi connectivity index (χ3n) is 6.48. The van der Waals surface area contributed by atoms with Crippen LogP contribution in [0.1, 0.15) is 60.3 Å². The van der Waals surface area contributed by atoms with Crippen LogP contribution in [0.25, 0.3) is 0 Å². The Labute approximate surface area is 121 Å². The second kappa shape index (κ2) is 3.77. The van der Waals surface area contributed by atoms with Crippen molar-refractivity contribution < 1.29 is 9.59 Å². The van der Waals surface area contributed by atoms with Crippen molar-refractivity contribution in [2.24, 2.45) is 10.8 Å². The molecular weight excluding hydrogens is 252 g/mol. The number of piperazine rings is 1. The summed E-state index contributed by atoms with van der Waals surface area (Å²) in [4.78, 5) is 27.3. The van der Waals surface area contributed by atoms with Crippen LogP contribution < -0.4 is 5.32 Å². The first-order chi connectivity index (χ1) is 9.15. The zero-order valence-corrected chi connectivity index (χ0v) is 13.2. The van der Waals surface area contributed by atoms with Gasteiger partial charge in [-0.1, -0.05) is 40.5 Å². The summed E-state index contributed by atoms with van der Waals surface area (Å²) in [5.74, 6) is 0.177. The van der Waals surface area contributed by atoms with Gasteiger partial charge in [0.2, 0.25) is 11.8 Å². The molecule has 1 N–H and O–H groups in total. The minimum atomic E-state index is -0.599. The van der Waals surface area contributed by atoms with Crippen LogP contribution in [0.3, 0.4) is 0 Å². The normalized spacial score (nSPS) is 34.5. The molecule has 112 valence electrons. The molecule has 3 rings (SSSR count). The molecule has 1 aliphatic heterocycles. The van der Waals surface area contributed by atoms with E-state index in [0.717, 1.165) is 25.7 Å². The van der Waals surface area contributed by atoms with E-state index in [0.29, 0.717) is 0 Å². The van der Waals surface area contributed by atoms with Crippen molar-refractivity contribution in [1.82, 2.24) is 10.2 Å². The van der Waals surface area contributed by atoms with E-state index >= 15 is 0 Å². The average molecular weight is 278 g/mol. The van der Waals surface area contributed by atoms with Gasteiger partial charge in [0.15, 0.2) is 0 Å².